The minimum atomic E-state index is -0.103. The average molecular weight is 545 g/mol. The summed E-state index contributed by atoms with van der Waals surface area (Å²) in [7, 11) is 0. The fourth-order valence-corrected chi connectivity index (χ4v) is 7.78. The van der Waals surface area contributed by atoms with Crippen molar-refractivity contribution in [1.29, 1.82) is 0 Å². The van der Waals surface area contributed by atoms with Crippen LogP contribution in [0.3, 0.4) is 0 Å². The first-order valence-corrected chi connectivity index (χ1v) is 14.8. The lowest BCUT2D eigenvalue weighted by molar-refractivity contribution is 0.205. The van der Waals surface area contributed by atoms with Crippen molar-refractivity contribution < 1.29 is 4.74 Å². The Hall–Kier alpha value is -4.93. The Bertz CT molecular complexity index is 2150. The van der Waals surface area contributed by atoms with Crippen LogP contribution >= 0.6 is 11.3 Å². The van der Waals surface area contributed by atoms with E-state index in [1.165, 1.54) is 47.8 Å². The van der Waals surface area contributed by atoms with Gasteiger partial charge < -0.3 is 9.64 Å². The topological polar surface area (TPSA) is 24.8 Å². The van der Waals surface area contributed by atoms with Crippen molar-refractivity contribution in [2.75, 3.05) is 4.90 Å². The van der Waals surface area contributed by atoms with E-state index in [1.807, 2.05) is 29.5 Å². The summed E-state index contributed by atoms with van der Waals surface area (Å²) in [6.45, 7) is 0. The van der Waals surface area contributed by atoms with Gasteiger partial charge in [0.05, 0.1) is 11.4 Å². The molecule has 0 N–H and O–H groups in total. The molecule has 1 aliphatic carbocycles. The summed E-state index contributed by atoms with van der Waals surface area (Å²) < 4.78 is 9.15. The van der Waals surface area contributed by atoms with E-state index in [4.69, 9.17) is 9.73 Å². The average Bonchev–Trinajstić information content (AvgIpc) is 3.72. The summed E-state index contributed by atoms with van der Waals surface area (Å²) in [6.07, 6.45) is -0.103. The largest absolute Gasteiger partial charge is 0.467 e. The summed E-state index contributed by atoms with van der Waals surface area (Å²) in [5, 5.41) is 5.06. The first-order valence-electron chi connectivity index (χ1n) is 14.0. The molecule has 41 heavy (non-hydrogen) atoms. The molecule has 194 valence electrons. The van der Waals surface area contributed by atoms with Crippen LogP contribution in [0.5, 0.6) is 0 Å². The molecule has 0 bridgehead atoms. The van der Waals surface area contributed by atoms with Gasteiger partial charge >= 0.3 is 0 Å². The molecule has 0 saturated heterocycles. The van der Waals surface area contributed by atoms with E-state index in [1.54, 1.807) is 0 Å². The third-order valence-corrected chi connectivity index (χ3v) is 9.52. The van der Waals surface area contributed by atoms with Gasteiger partial charge in [-0.25, -0.2) is 4.99 Å². The molecule has 1 aromatic heterocycles. The van der Waals surface area contributed by atoms with Gasteiger partial charge in [-0.3, -0.25) is 0 Å². The highest BCUT2D eigenvalue weighted by Gasteiger charge is 2.42. The molecule has 9 rings (SSSR count). The maximum atomic E-state index is 6.55. The number of thiophene rings is 1. The molecule has 0 fully saturated rings. The molecule has 0 saturated carbocycles. The molecular weight excluding hydrogens is 520 g/mol. The van der Waals surface area contributed by atoms with Crippen LogP contribution in [0.2, 0.25) is 0 Å². The first kappa shape index (κ1) is 22.8. The summed E-state index contributed by atoms with van der Waals surface area (Å²) in [6, 6.07) is 47.5. The number of anilines is 3. The quantitative estimate of drug-likeness (QED) is 0.220. The maximum Gasteiger partial charge on any atom is 0.217 e. The second kappa shape index (κ2) is 8.79. The molecule has 1 aliphatic heterocycles. The van der Waals surface area contributed by atoms with Crippen LogP contribution in [0.25, 0.3) is 30.9 Å². The Kier molecular flexibility index (Phi) is 4.89. The van der Waals surface area contributed by atoms with Crippen LogP contribution in [-0.2, 0) is 4.74 Å². The summed E-state index contributed by atoms with van der Waals surface area (Å²) in [5.41, 5.74) is 6.96. The van der Waals surface area contributed by atoms with Crippen molar-refractivity contribution in [3.05, 3.63) is 150 Å². The Morgan fingerprint density at radius 2 is 1.29 bits per heavy atom. The zero-order chi connectivity index (χ0) is 26.9. The lowest BCUT2D eigenvalue weighted by atomic mass is 10.0. The summed E-state index contributed by atoms with van der Waals surface area (Å²) >= 11 is 1.85. The zero-order valence-corrected chi connectivity index (χ0v) is 22.9. The number of hydrogen-bond acceptors (Lipinski definition) is 4. The number of fused-ring (bicyclic) bond motifs is 6. The molecule has 6 aromatic carbocycles. The van der Waals surface area contributed by atoms with Crippen LogP contribution in [-0.4, -0.2) is 5.90 Å². The van der Waals surface area contributed by atoms with Crippen LogP contribution in [0, 0.1) is 0 Å². The normalized spacial score (nSPS) is 17.1. The monoisotopic (exact) mass is 544 g/mol. The molecule has 0 amide bonds. The summed E-state index contributed by atoms with van der Waals surface area (Å²) in [4.78, 5) is 7.53. The van der Waals surface area contributed by atoms with Crippen LogP contribution in [0.1, 0.15) is 28.8 Å². The molecule has 3 nitrogen and oxygen atoms in total. The van der Waals surface area contributed by atoms with Gasteiger partial charge in [-0.2, -0.15) is 0 Å². The van der Waals surface area contributed by atoms with E-state index in [0.717, 1.165) is 22.8 Å². The number of hydrogen-bond donors (Lipinski definition) is 0. The Labute approximate surface area is 241 Å². The van der Waals surface area contributed by atoms with Gasteiger partial charge in [0.1, 0.15) is 6.04 Å². The van der Waals surface area contributed by atoms with E-state index in [2.05, 4.69) is 120 Å². The van der Waals surface area contributed by atoms with Gasteiger partial charge in [0.25, 0.3) is 0 Å². The number of benzene rings is 6. The van der Waals surface area contributed by atoms with Gasteiger partial charge in [-0.05, 0) is 59.5 Å². The highest BCUT2D eigenvalue weighted by atomic mass is 32.1. The van der Waals surface area contributed by atoms with E-state index in [9.17, 15) is 0 Å². The molecule has 2 aliphatic rings. The second-order valence-electron chi connectivity index (χ2n) is 10.6. The minimum absolute atomic E-state index is 0.0337. The van der Waals surface area contributed by atoms with Crippen LogP contribution in [0.4, 0.5) is 17.1 Å². The Morgan fingerprint density at radius 1 is 0.561 bits per heavy atom. The fourth-order valence-electron chi connectivity index (χ4n) is 6.65. The fraction of sp³-hybridized carbons (Fsp3) is 0.0541. The molecule has 0 radical (unpaired) electrons. The van der Waals surface area contributed by atoms with Gasteiger partial charge in [-0.15, -0.1) is 11.3 Å². The molecule has 0 spiro atoms. The molecule has 2 heterocycles. The standard InChI is InChI=1S/C37H24N2OS/c1-3-11-23(12-4-1)37-38-35-27-21-22-29(25-16-9-17-28(33(25)27)36(35)40-37)39(24-13-5-2-6-14-24)30-18-10-20-32-34(30)26-15-7-8-19-31(26)41-32/h1-22,35-36H. The second-order valence-corrected chi connectivity index (χ2v) is 11.7. The summed E-state index contributed by atoms with van der Waals surface area (Å²) in [5.74, 6) is 0.731. The number of ether oxygens (including phenoxy) is 1. The van der Waals surface area contributed by atoms with Crippen LogP contribution in [0.15, 0.2) is 138 Å². The highest BCUT2D eigenvalue weighted by molar-refractivity contribution is 7.26. The van der Waals surface area contributed by atoms with Crippen molar-refractivity contribution in [3.63, 3.8) is 0 Å². The van der Waals surface area contributed by atoms with Crippen molar-refractivity contribution in [3.8, 4) is 0 Å². The van der Waals surface area contributed by atoms with Crippen molar-refractivity contribution >= 4 is 65.2 Å². The van der Waals surface area contributed by atoms with Crippen LogP contribution < -0.4 is 4.90 Å². The lowest BCUT2D eigenvalue weighted by Gasteiger charge is -2.28. The van der Waals surface area contributed by atoms with Gasteiger partial charge in [0.15, 0.2) is 6.10 Å². The first-order chi connectivity index (χ1) is 20.3. The van der Waals surface area contributed by atoms with Gasteiger partial charge in [0.2, 0.25) is 5.90 Å². The third kappa shape index (κ3) is 3.35. The predicted molar refractivity (Wildman–Crippen MR) is 171 cm³/mol. The highest BCUT2D eigenvalue weighted by Crippen LogP contribution is 2.54. The minimum Gasteiger partial charge on any atom is -0.467 e. The SMILES string of the molecule is c1ccc(C2=NC3c4ccc(N(c5ccccc5)c5cccc6sc7ccccc7c56)c5cccc(c45)C3O2)cc1. The van der Waals surface area contributed by atoms with Gasteiger partial charge in [-0.1, -0.05) is 84.9 Å². The third-order valence-electron chi connectivity index (χ3n) is 8.39. The Balaban J connectivity index is 1.28. The number of rotatable bonds is 4. The maximum absolute atomic E-state index is 6.55. The number of nitrogens with zero attached hydrogens (tertiary/aromatic N) is 2. The van der Waals surface area contributed by atoms with Gasteiger partial charge in [0, 0.05) is 42.4 Å². The molecular formula is C37H24N2OS. The predicted octanol–water partition coefficient (Wildman–Crippen LogP) is 10.3. The van der Waals surface area contributed by atoms with Crippen molar-refractivity contribution in [2.45, 2.75) is 12.1 Å². The molecule has 7 aromatic rings. The van der Waals surface area contributed by atoms with E-state index >= 15 is 0 Å². The number of para-hydroxylation sites is 1. The zero-order valence-electron chi connectivity index (χ0n) is 22.1. The molecule has 2 unspecified atom stereocenters. The lowest BCUT2D eigenvalue weighted by Crippen LogP contribution is -2.11. The molecule has 4 heteroatoms. The number of aliphatic imine (C=N–C) groups is 1. The van der Waals surface area contributed by atoms with Crippen molar-refractivity contribution in [1.82, 2.24) is 0 Å². The van der Waals surface area contributed by atoms with E-state index in [-0.39, 0.29) is 12.1 Å². The van der Waals surface area contributed by atoms with Crippen molar-refractivity contribution in [2.24, 2.45) is 4.99 Å². The smallest absolute Gasteiger partial charge is 0.217 e. The van der Waals surface area contributed by atoms with E-state index < -0.39 is 0 Å². The Morgan fingerprint density at radius 3 is 2.17 bits per heavy atom. The molecule has 2 atom stereocenters. The van der Waals surface area contributed by atoms with E-state index in [0.29, 0.717) is 0 Å².